The number of carbonyl (C=O) groups excluding carboxylic acids is 3. The second kappa shape index (κ2) is 12.3. The van der Waals surface area contributed by atoms with Gasteiger partial charge in [-0.15, -0.1) is 0 Å². The molecule has 2 aromatic carbocycles. The van der Waals surface area contributed by atoms with Gasteiger partial charge in [0.1, 0.15) is 5.60 Å². The highest BCUT2D eigenvalue weighted by molar-refractivity contribution is 6.16. The highest BCUT2D eigenvalue weighted by atomic mass is 16.7. The second-order valence-corrected chi connectivity index (χ2v) is 9.61. The molecule has 8 heteroatoms. The molecular formula is C29H34O8. The lowest BCUT2D eigenvalue weighted by molar-refractivity contribution is -0.132. The average molecular weight is 511 g/mol. The highest BCUT2D eigenvalue weighted by Crippen LogP contribution is 2.30. The van der Waals surface area contributed by atoms with Crippen molar-refractivity contribution >= 4 is 29.9 Å². The maximum absolute atomic E-state index is 12.9. The molecule has 0 atom stereocenters. The van der Waals surface area contributed by atoms with E-state index in [1.165, 1.54) is 32.4 Å². The Balaban J connectivity index is 2.13. The van der Waals surface area contributed by atoms with Crippen molar-refractivity contribution in [2.75, 3.05) is 21.3 Å². The van der Waals surface area contributed by atoms with Crippen molar-refractivity contribution in [2.24, 2.45) is 5.41 Å². The van der Waals surface area contributed by atoms with Crippen LogP contribution >= 0.6 is 0 Å². The van der Waals surface area contributed by atoms with Gasteiger partial charge in [-0.2, -0.15) is 0 Å². The van der Waals surface area contributed by atoms with Gasteiger partial charge in [-0.05, 0) is 82.2 Å². The summed E-state index contributed by atoms with van der Waals surface area (Å²) in [7, 11) is 4.51. The molecule has 0 heterocycles. The van der Waals surface area contributed by atoms with E-state index in [4.69, 9.17) is 23.7 Å². The van der Waals surface area contributed by atoms with Gasteiger partial charge in [0, 0.05) is 0 Å². The zero-order chi connectivity index (χ0) is 27.8. The van der Waals surface area contributed by atoms with Gasteiger partial charge < -0.3 is 23.7 Å². The molecule has 0 unspecified atom stereocenters. The summed E-state index contributed by atoms with van der Waals surface area (Å²) in [4.78, 5) is 37.7. The van der Waals surface area contributed by atoms with Crippen LogP contribution in [-0.2, 0) is 14.3 Å². The lowest BCUT2D eigenvalue weighted by atomic mass is 9.82. The van der Waals surface area contributed by atoms with E-state index in [9.17, 15) is 14.4 Å². The second-order valence-electron chi connectivity index (χ2n) is 9.61. The molecule has 198 valence electrons. The molecule has 0 saturated carbocycles. The predicted octanol–water partition coefficient (Wildman–Crippen LogP) is 5.92. The van der Waals surface area contributed by atoms with Gasteiger partial charge in [0.2, 0.25) is 0 Å². The van der Waals surface area contributed by atoms with Gasteiger partial charge in [-0.25, -0.2) is 4.79 Å². The van der Waals surface area contributed by atoms with Crippen LogP contribution in [0.1, 0.15) is 45.7 Å². The Bertz CT molecular complexity index is 1200. The third-order valence-electron chi connectivity index (χ3n) is 5.26. The average Bonchev–Trinajstić information content (AvgIpc) is 2.84. The lowest BCUT2D eigenvalue weighted by Gasteiger charge is -2.19. The van der Waals surface area contributed by atoms with E-state index < -0.39 is 17.2 Å². The first-order valence-electron chi connectivity index (χ1n) is 11.6. The van der Waals surface area contributed by atoms with E-state index >= 15 is 0 Å². The number of ketones is 2. The van der Waals surface area contributed by atoms with Crippen molar-refractivity contribution in [3.8, 4) is 23.0 Å². The Hall–Kier alpha value is -4.07. The molecule has 0 spiro atoms. The van der Waals surface area contributed by atoms with Crippen molar-refractivity contribution in [1.29, 1.82) is 0 Å². The van der Waals surface area contributed by atoms with E-state index in [-0.39, 0.29) is 23.1 Å². The molecule has 0 aromatic heterocycles. The van der Waals surface area contributed by atoms with Crippen LogP contribution in [0.15, 0.2) is 48.6 Å². The van der Waals surface area contributed by atoms with Gasteiger partial charge in [0.25, 0.3) is 0 Å². The molecule has 2 aromatic rings. The van der Waals surface area contributed by atoms with Crippen molar-refractivity contribution in [3.63, 3.8) is 0 Å². The molecule has 2 rings (SSSR count). The molecule has 0 amide bonds. The number of benzene rings is 2. The summed E-state index contributed by atoms with van der Waals surface area (Å²) >= 11 is 0. The fraction of sp³-hybridized carbons (Fsp3) is 0.345. The smallest absolute Gasteiger partial charge is 0.493 e. The van der Waals surface area contributed by atoms with Gasteiger partial charge in [-0.3, -0.25) is 9.59 Å². The Morgan fingerprint density at radius 3 is 1.51 bits per heavy atom. The summed E-state index contributed by atoms with van der Waals surface area (Å²) in [6.07, 6.45) is 5.04. The first-order chi connectivity index (χ1) is 17.3. The number of allylic oxidation sites excluding steroid dienone is 2. The van der Waals surface area contributed by atoms with Crippen LogP contribution in [0, 0.1) is 5.41 Å². The number of rotatable bonds is 10. The minimum atomic E-state index is -1.28. The Morgan fingerprint density at radius 1 is 0.649 bits per heavy atom. The molecule has 0 radical (unpaired) electrons. The summed E-state index contributed by atoms with van der Waals surface area (Å²) < 4.78 is 26.2. The monoisotopic (exact) mass is 510 g/mol. The fourth-order valence-corrected chi connectivity index (χ4v) is 3.07. The van der Waals surface area contributed by atoms with E-state index in [2.05, 4.69) is 0 Å². The van der Waals surface area contributed by atoms with Crippen molar-refractivity contribution in [2.45, 2.75) is 40.2 Å². The third kappa shape index (κ3) is 8.24. The van der Waals surface area contributed by atoms with E-state index in [1.54, 1.807) is 84.2 Å². The molecular weight excluding hydrogens is 476 g/mol. The van der Waals surface area contributed by atoms with Crippen molar-refractivity contribution in [1.82, 2.24) is 0 Å². The summed E-state index contributed by atoms with van der Waals surface area (Å²) in [5, 5.41) is 0. The topological polar surface area (TPSA) is 97.4 Å². The molecule has 8 nitrogen and oxygen atoms in total. The lowest BCUT2D eigenvalue weighted by Crippen LogP contribution is -2.30. The molecule has 37 heavy (non-hydrogen) atoms. The Morgan fingerprint density at radius 2 is 1.08 bits per heavy atom. The molecule has 0 fully saturated rings. The highest BCUT2D eigenvalue weighted by Gasteiger charge is 2.32. The number of hydrogen-bond donors (Lipinski definition) is 0. The first-order valence-corrected chi connectivity index (χ1v) is 11.6. The number of ether oxygens (including phenoxy) is 5. The fourth-order valence-electron chi connectivity index (χ4n) is 3.07. The predicted molar refractivity (Wildman–Crippen MR) is 141 cm³/mol. The van der Waals surface area contributed by atoms with Crippen molar-refractivity contribution in [3.05, 3.63) is 59.7 Å². The van der Waals surface area contributed by atoms with Crippen molar-refractivity contribution < 1.29 is 38.1 Å². The maximum Gasteiger partial charge on any atom is 0.514 e. The van der Waals surface area contributed by atoms with Crippen LogP contribution in [-0.4, -0.2) is 44.7 Å². The number of carbonyl (C=O) groups is 3. The van der Waals surface area contributed by atoms with Crippen LogP contribution in [0.5, 0.6) is 23.0 Å². The van der Waals surface area contributed by atoms with Crippen LogP contribution in [0.3, 0.4) is 0 Å². The van der Waals surface area contributed by atoms with Gasteiger partial charge in [0.15, 0.2) is 34.6 Å². The van der Waals surface area contributed by atoms with E-state index in [0.717, 1.165) is 5.56 Å². The van der Waals surface area contributed by atoms with Gasteiger partial charge in [-0.1, -0.05) is 24.3 Å². The zero-order valence-corrected chi connectivity index (χ0v) is 22.5. The number of hydrogen-bond acceptors (Lipinski definition) is 8. The first kappa shape index (κ1) is 29.2. The standard InChI is InChI=1S/C29H34O8/c1-28(2,3)37-27(32)36-22-14-10-20(18-24(22)35-8)12-16-26(31)29(4,5)25(30)15-11-19-9-13-21(33-6)23(17-19)34-7/h9-18H,1-8H3/b15-11+,16-12+. The molecule has 0 aliphatic carbocycles. The largest absolute Gasteiger partial charge is 0.514 e. The van der Waals surface area contributed by atoms with Crippen LogP contribution in [0.2, 0.25) is 0 Å². The van der Waals surface area contributed by atoms with Gasteiger partial charge in [0.05, 0.1) is 26.7 Å². The maximum atomic E-state index is 12.9. The zero-order valence-electron chi connectivity index (χ0n) is 22.5. The van der Waals surface area contributed by atoms with Crippen LogP contribution < -0.4 is 18.9 Å². The Labute approximate surface area is 217 Å². The molecule has 0 N–H and O–H groups in total. The van der Waals surface area contributed by atoms with Crippen LogP contribution in [0.4, 0.5) is 4.79 Å². The van der Waals surface area contributed by atoms with Gasteiger partial charge >= 0.3 is 6.16 Å². The van der Waals surface area contributed by atoms with E-state index in [0.29, 0.717) is 17.1 Å². The minimum absolute atomic E-state index is 0.177. The summed E-state index contributed by atoms with van der Waals surface area (Å²) in [5.41, 5.74) is -0.641. The molecule has 0 aliphatic heterocycles. The minimum Gasteiger partial charge on any atom is -0.493 e. The SMILES string of the molecule is COc1ccc(/C=C/C(=O)C(C)(C)C(=O)/C=C/c2ccc(OC(=O)OC(C)(C)C)c(OC)c2)cc1OC. The molecule has 0 aliphatic rings. The Kier molecular flexibility index (Phi) is 9.66. The quantitative estimate of drug-likeness (QED) is 0.168. The normalized spacial score (nSPS) is 11.9. The molecule has 0 bridgehead atoms. The number of methoxy groups -OCH3 is 3. The van der Waals surface area contributed by atoms with E-state index in [1.807, 2.05) is 0 Å². The van der Waals surface area contributed by atoms with Crippen LogP contribution in [0.25, 0.3) is 12.2 Å². The summed E-state index contributed by atoms with van der Waals surface area (Å²) in [5.74, 6) is 0.851. The summed E-state index contributed by atoms with van der Waals surface area (Å²) in [6, 6.07) is 10.0. The molecule has 0 saturated heterocycles. The third-order valence-corrected chi connectivity index (χ3v) is 5.26. The summed E-state index contributed by atoms with van der Waals surface area (Å²) in [6.45, 7) is 8.33.